The number of rotatable bonds is 6. The number of nitrogens with two attached hydrogens (primary N) is 1. The van der Waals surface area contributed by atoms with Crippen LogP contribution in [0.3, 0.4) is 0 Å². The van der Waals surface area contributed by atoms with Gasteiger partial charge in [-0.3, -0.25) is 9.79 Å². The van der Waals surface area contributed by atoms with E-state index in [1.165, 1.54) is 11.0 Å². The Kier molecular flexibility index (Phi) is 6.84. The fourth-order valence-corrected chi connectivity index (χ4v) is 4.42. The van der Waals surface area contributed by atoms with Crippen LogP contribution in [0, 0.1) is 17.0 Å². The lowest BCUT2D eigenvalue weighted by Crippen LogP contribution is -2.52. The van der Waals surface area contributed by atoms with E-state index in [9.17, 15) is 22.4 Å². The summed E-state index contributed by atoms with van der Waals surface area (Å²) in [5, 5.41) is 12.9. The molecule has 1 amide bonds. The van der Waals surface area contributed by atoms with Crippen molar-refractivity contribution in [2.45, 2.75) is 30.8 Å². The van der Waals surface area contributed by atoms with Crippen molar-refractivity contribution in [2.24, 2.45) is 4.99 Å². The van der Waals surface area contributed by atoms with Crippen molar-refractivity contribution in [2.75, 3.05) is 31.9 Å². The van der Waals surface area contributed by atoms with Crippen molar-refractivity contribution in [1.29, 1.82) is 5.41 Å². The molecule has 13 heteroatoms. The summed E-state index contributed by atoms with van der Waals surface area (Å²) in [5.74, 6) is -5.38. The quantitative estimate of drug-likeness (QED) is 0.278. The first-order valence-electron chi connectivity index (χ1n) is 10.6. The minimum absolute atomic E-state index is 0.0563. The molecule has 5 N–H and O–H groups in total. The van der Waals surface area contributed by atoms with Gasteiger partial charge in [0.2, 0.25) is 0 Å². The second-order valence-corrected chi connectivity index (χ2v) is 9.15. The Morgan fingerprint density at radius 2 is 2.09 bits per heavy atom. The van der Waals surface area contributed by atoms with E-state index < -0.39 is 48.2 Å². The van der Waals surface area contributed by atoms with E-state index >= 15 is 0 Å². The highest BCUT2D eigenvalue weighted by molar-refractivity contribution is 7.19. The Hall–Kier alpha value is -3.06. The van der Waals surface area contributed by atoms with E-state index in [-0.39, 0.29) is 40.7 Å². The molecular weight excluding hydrogens is 474 g/mol. The molecule has 0 radical (unpaired) electrons. The molecule has 1 aliphatic carbocycles. The van der Waals surface area contributed by atoms with Gasteiger partial charge in [0, 0.05) is 19.3 Å². The molecule has 8 nitrogen and oxygen atoms in total. The van der Waals surface area contributed by atoms with Crippen LogP contribution < -0.4 is 16.4 Å². The van der Waals surface area contributed by atoms with E-state index in [4.69, 9.17) is 11.1 Å². The number of hydrogen-bond acceptors (Lipinski definition) is 7. The molecular formula is C21H23F4N7OS. The van der Waals surface area contributed by atoms with Gasteiger partial charge in [0.25, 0.3) is 11.8 Å². The van der Waals surface area contributed by atoms with Crippen LogP contribution in [0.4, 0.5) is 22.6 Å². The monoisotopic (exact) mass is 497 g/mol. The van der Waals surface area contributed by atoms with Gasteiger partial charge in [0.1, 0.15) is 33.5 Å². The summed E-state index contributed by atoms with van der Waals surface area (Å²) < 4.78 is 56.7. The van der Waals surface area contributed by atoms with Crippen molar-refractivity contribution in [1.82, 2.24) is 20.5 Å². The summed E-state index contributed by atoms with van der Waals surface area (Å²) >= 11 is 0.739. The van der Waals surface area contributed by atoms with Crippen LogP contribution in [-0.4, -0.2) is 72.0 Å². The zero-order chi connectivity index (χ0) is 24.5. The van der Waals surface area contributed by atoms with Gasteiger partial charge >= 0.3 is 0 Å². The highest BCUT2D eigenvalue weighted by atomic mass is 32.1. The van der Waals surface area contributed by atoms with E-state index in [1.807, 2.05) is 0 Å². The molecule has 2 aliphatic rings. The average molecular weight is 498 g/mol. The lowest BCUT2D eigenvalue weighted by molar-refractivity contribution is -0.00622. The molecule has 2 aromatic rings. The van der Waals surface area contributed by atoms with Crippen molar-refractivity contribution < 1.29 is 22.4 Å². The third-order valence-corrected chi connectivity index (χ3v) is 6.23. The van der Waals surface area contributed by atoms with E-state index in [2.05, 4.69) is 20.6 Å². The highest BCUT2D eigenvalue weighted by Crippen LogP contribution is 2.33. The molecule has 0 spiro atoms. The number of benzene rings is 1. The van der Waals surface area contributed by atoms with Gasteiger partial charge in [0.05, 0.1) is 24.7 Å². The van der Waals surface area contributed by atoms with Crippen LogP contribution in [0.5, 0.6) is 0 Å². The lowest BCUT2D eigenvalue weighted by Gasteiger charge is -2.30. The van der Waals surface area contributed by atoms with Crippen molar-refractivity contribution >= 4 is 34.3 Å². The number of aromatic nitrogens is 1. The Morgan fingerprint density at radius 3 is 2.74 bits per heavy atom. The number of thiazole rings is 1. The van der Waals surface area contributed by atoms with E-state index in [0.29, 0.717) is 0 Å². The molecule has 0 bridgehead atoms. The maximum absolute atomic E-state index is 14.2. The normalized spacial score (nSPS) is 19.4. The fourth-order valence-electron chi connectivity index (χ4n) is 3.54. The number of hydrogen-bond donors (Lipinski definition) is 4. The molecule has 1 saturated heterocycles. The molecule has 1 atom stereocenters. The summed E-state index contributed by atoms with van der Waals surface area (Å²) in [6.07, 6.45) is 2.48. The Morgan fingerprint density at radius 1 is 1.38 bits per heavy atom. The second-order valence-electron chi connectivity index (χ2n) is 8.12. The number of amidine groups is 1. The highest BCUT2D eigenvalue weighted by Gasteiger charge is 2.37. The number of aliphatic imine (C=N–C) groups is 1. The Labute approximate surface area is 196 Å². The molecule has 1 aliphatic heterocycles. The van der Waals surface area contributed by atoms with Gasteiger partial charge < -0.3 is 26.7 Å². The summed E-state index contributed by atoms with van der Waals surface area (Å²) in [7, 11) is 0. The number of nitrogen functional groups attached to an aromatic ring is 1. The fraction of sp³-hybridized carbons (Fsp3) is 0.429. The number of carbonyl (C=O) groups is 1. The van der Waals surface area contributed by atoms with Crippen LogP contribution in [-0.2, 0) is 0 Å². The number of nitrogens with zero attached hydrogens (tertiary/aromatic N) is 3. The molecule has 2 heterocycles. The average Bonchev–Trinajstić information content (AvgIpc) is 3.54. The zero-order valence-electron chi connectivity index (χ0n) is 18.0. The molecule has 1 unspecified atom stereocenters. The van der Waals surface area contributed by atoms with E-state index in [0.717, 1.165) is 42.5 Å². The SMILES string of the molecule is N=CC(NC(=O)c1nc(-c2c(F)cccc2F)sc1N)C(=NC1CC1)N1CCNCC(F)(F)C1. The van der Waals surface area contributed by atoms with E-state index in [1.54, 1.807) is 0 Å². The summed E-state index contributed by atoms with van der Waals surface area (Å²) in [5.41, 5.74) is 5.23. The minimum atomic E-state index is -3.02. The first-order chi connectivity index (χ1) is 16.2. The van der Waals surface area contributed by atoms with Crippen LogP contribution in [0.2, 0.25) is 0 Å². The second kappa shape index (κ2) is 9.66. The first-order valence-corrected chi connectivity index (χ1v) is 11.4. The van der Waals surface area contributed by atoms with Gasteiger partial charge in [0.15, 0.2) is 5.69 Å². The predicted molar refractivity (Wildman–Crippen MR) is 122 cm³/mol. The largest absolute Gasteiger partial charge is 0.389 e. The molecule has 1 aromatic heterocycles. The molecule has 34 heavy (non-hydrogen) atoms. The molecule has 2 fully saturated rings. The van der Waals surface area contributed by atoms with Crippen LogP contribution in [0.25, 0.3) is 10.6 Å². The summed E-state index contributed by atoms with van der Waals surface area (Å²) in [6.45, 7) is -0.584. The maximum atomic E-state index is 14.2. The predicted octanol–water partition coefficient (Wildman–Crippen LogP) is 2.52. The summed E-state index contributed by atoms with van der Waals surface area (Å²) in [4.78, 5) is 22.9. The van der Waals surface area contributed by atoms with Gasteiger partial charge in [-0.2, -0.15) is 0 Å². The van der Waals surface area contributed by atoms with Crippen LogP contribution in [0.15, 0.2) is 23.2 Å². The number of alkyl halides is 2. The molecule has 182 valence electrons. The number of halogens is 4. The van der Waals surface area contributed by atoms with Gasteiger partial charge in [-0.05, 0) is 25.0 Å². The zero-order valence-corrected chi connectivity index (χ0v) is 18.8. The number of amides is 1. The molecule has 4 rings (SSSR count). The Balaban J connectivity index is 1.59. The first kappa shape index (κ1) is 24.1. The number of nitrogens with one attached hydrogen (secondary N) is 3. The van der Waals surface area contributed by atoms with Gasteiger partial charge in [-0.25, -0.2) is 22.5 Å². The molecule has 1 aromatic carbocycles. The van der Waals surface area contributed by atoms with Crippen LogP contribution in [0.1, 0.15) is 23.3 Å². The smallest absolute Gasteiger partial charge is 0.277 e. The van der Waals surface area contributed by atoms with Crippen LogP contribution >= 0.6 is 11.3 Å². The topological polar surface area (TPSA) is 119 Å². The standard InChI is InChI=1S/C21H23F4N7OS/c22-12-2-1-3-13(23)15(12)20-31-16(17(27)34-20)19(33)30-14(8-26)18(29-11-4-5-11)32-7-6-28-9-21(24,25)10-32/h1-3,8,11,14,26,28H,4-7,9-10,27H2,(H,30,33). The lowest BCUT2D eigenvalue weighted by atomic mass is 10.2. The number of carbonyl (C=O) groups excluding carboxylic acids is 1. The number of anilines is 1. The Bertz CT molecular complexity index is 1100. The third kappa shape index (κ3) is 5.36. The summed E-state index contributed by atoms with van der Waals surface area (Å²) in [6, 6.07) is 2.16. The maximum Gasteiger partial charge on any atom is 0.277 e. The van der Waals surface area contributed by atoms with Gasteiger partial charge in [-0.1, -0.05) is 17.4 Å². The van der Waals surface area contributed by atoms with Gasteiger partial charge in [-0.15, -0.1) is 0 Å². The molecule has 1 saturated carbocycles. The van der Waals surface area contributed by atoms with Crippen molar-refractivity contribution in [3.63, 3.8) is 0 Å². The third-order valence-electron chi connectivity index (χ3n) is 5.33. The minimum Gasteiger partial charge on any atom is -0.389 e. The van der Waals surface area contributed by atoms with Crippen molar-refractivity contribution in [3.8, 4) is 10.6 Å². The van der Waals surface area contributed by atoms with Crippen molar-refractivity contribution in [3.05, 3.63) is 35.5 Å².